The van der Waals surface area contributed by atoms with Crippen LogP contribution in [0.2, 0.25) is 0 Å². The third-order valence-electron chi connectivity index (χ3n) is 2.16. The minimum atomic E-state index is -3.67. The molecule has 0 spiro atoms. The van der Waals surface area contributed by atoms with Crippen LogP contribution in [0.15, 0.2) is 22.7 Å². The Kier molecular flexibility index (Phi) is 3.37. The number of aryl methyl sites for hydroxylation is 1. The minimum absolute atomic E-state index is 0.0683. The normalized spacial score (nSPS) is 13.5. The lowest BCUT2D eigenvalue weighted by Crippen LogP contribution is -2.12. The van der Waals surface area contributed by atoms with Crippen molar-refractivity contribution in [3.63, 3.8) is 0 Å². The van der Waals surface area contributed by atoms with Crippen molar-refractivity contribution in [1.29, 1.82) is 0 Å². The molecule has 2 N–H and O–H groups in total. The van der Waals surface area contributed by atoms with Gasteiger partial charge in [0.15, 0.2) is 5.13 Å². The van der Waals surface area contributed by atoms with Crippen molar-refractivity contribution in [2.45, 2.75) is 17.9 Å². The van der Waals surface area contributed by atoms with Crippen LogP contribution in [0.1, 0.15) is 18.7 Å². The Morgan fingerprint density at radius 1 is 1.56 bits per heavy atom. The first-order chi connectivity index (χ1) is 8.38. The van der Waals surface area contributed by atoms with Crippen LogP contribution in [0, 0.1) is 0 Å². The van der Waals surface area contributed by atoms with E-state index in [0.29, 0.717) is 5.69 Å². The number of nitrogens with zero attached hydrogens (tertiary/aromatic N) is 3. The number of aromatic nitrogens is 3. The van der Waals surface area contributed by atoms with Crippen LogP contribution in [-0.2, 0) is 17.1 Å². The average molecular weight is 288 g/mol. The first-order valence-corrected chi connectivity index (χ1v) is 7.40. The van der Waals surface area contributed by atoms with Gasteiger partial charge in [-0.3, -0.25) is 9.40 Å². The molecule has 0 saturated carbocycles. The maximum absolute atomic E-state index is 11.9. The Bertz CT molecular complexity index is 644. The fraction of sp³-hybridized carbons (Fsp3) is 0.333. The summed E-state index contributed by atoms with van der Waals surface area (Å²) in [5, 5.41) is 14.9. The molecule has 0 aliphatic carbocycles. The number of anilines is 1. The van der Waals surface area contributed by atoms with Gasteiger partial charge in [0.2, 0.25) is 0 Å². The van der Waals surface area contributed by atoms with Crippen molar-refractivity contribution < 1.29 is 13.5 Å². The highest BCUT2D eigenvalue weighted by molar-refractivity contribution is 7.93. The summed E-state index contributed by atoms with van der Waals surface area (Å²) >= 11 is 1.12. The first-order valence-electron chi connectivity index (χ1n) is 5.03. The van der Waals surface area contributed by atoms with E-state index in [1.165, 1.54) is 17.1 Å². The summed E-state index contributed by atoms with van der Waals surface area (Å²) in [6.45, 7) is 1.56. The zero-order valence-electron chi connectivity index (χ0n) is 9.73. The smallest absolute Gasteiger partial charge is 0.266 e. The predicted molar refractivity (Wildman–Crippen MR) is 66.8 cm³/mol. The second-order valence-corrected chi connectivity index (χ2v) is 6.25. The van der Waals surface area contributed by atoms with Gasteiger partial charge in [0.05, 0.1) is 18.0 Å². The van der Waals surface area contributed by atoms with E-state index in [-0.39, 0.29) is 10.0 Å². The number of aliphatic hydroxyl groups excluding tert-OH is 1. The van der Waals surface area contributed by atoms with E-state index in [0.717, 1.165) is 11.3 Å². The van der Waals surface area contributed by atoms with Crippen molar-refractivity contribution in [2.24, 2.45) is 7.05 Å². The zero-order chi connectivity index (χ0) is 13.3. The Morgan fingerprint density at radius 3 is 2.78 bits per heavy atom. The van der Waals surface area contributed by atoms with Crippen LogP contribution in [0.4, 0.5) is 5.13 Å². The molecule has 0 saturated heterocycles. The average Bonchev–Trinajstić information content (AvgIpc) is 2.86. The van der Waals surface area contributed by atoms with E-state index >= 15 is 0 Å². The molecule has 0 amide bonds. The number of rotatable bonds is 4. The standard InChI is InChI=1S/C9H12N4O3S2/c1-6(14)8-5-17-9(11-8)12-18(15,16)7-3-10-13(2)4-7/h3-6,14H,1-2H3,(H,11,12). The molecule has 0 aliphatic heterocycles. The minimum Gasteiger partial charge on any atom is -0.387 e. The number of hydrogen-bond donors (Lipinski definition) is 2. The summed E-state index contributed by atoms with van der Waals surface area (Å²) in [6, 6.07) is 0. The maximum atomic E-state index is 11.9. The molecule has 0 bridgehead atoms. The van der Waals surface area contributed by atoms with Crippen LogP contribution in [0.5, 0.6) is 0 Å². The van der Waals surface area contributed by atoms with E-state index in [1.807, 2.05) is 0 Å². The Hall–Kier alpha value is -1.45. The largest absolute Gasteiger partial charge is 0.387 e. The highest BCUT2D eigenvalue weighted by atomic mass is 32.2. The van der Waals surface area contributed by atoms with Gasteiger partial charge in [-0.05, 0) is 6.92 Å². The lowest BCUT2D eigenvalue weighted by Gasteiger charge is -2.02. The third-order valence-corrected chi connectivity index (χ3v) is 4.36. The van der Waals surface area contributed by atoms with Gasteiger partial charge in [-0.2, -0.15) is 5.10 Å². The summed E-state index contributed by atoms with van der Waals surface area (Å²) < 4.78 is 27.6. The van der Waals surface area contributed by atoms with Gasteiger partial charge in [0.1, 0.15) is 4.90 Å². The van der Waals surface area contributed by atoms with Crippen LogP contribution >= 0.6 is 11.3 Å². The number of sulfonamides is 1. The molecular weight excluding hydrogens is 276 g/mol. The monoisotopic (exact) mass is 288 g/mol. The molecule has 7 nitrogen and oxygen atoms in total. The van der Waals surface area contributed by atoms with Crippen LogP contribution in [-0.4, -0.2) is 28.3 Å². The van der Waals surface area contributed by atoms with Gasteiger partial charge < -0.3 is 5.11 Å². The number of nitrogens with one attached hydrogen (secondary N) is 1. The topological polar surface area (TPSA) is 97.1 Å². The van der Waals surface area contributed by atoms with E-state index in [1.54, 1.807) is 19.4 Å². The molecule has 2 rings (SSSR count). The number of thiazole rings is 1. The molecular formula is C9H12N4O3S2. The van der Waals surface area contributed by atoms with E-state index in [2.05, 4.69) is 14.8 Å². The molecule has 0 aliphatic rings. The zero-order valence-corrected chi connectivity index (χ0v) is 11.4. The van der Waals surface area contributed by atoms with Gasteiger partial charge in [-0.15, -0.1) is 11.3 Å². The van der Waals surface area contributed by atoms with Crippen LogP contribution in [0.3, 0.4) is 0 Å². The van der Waals surface area contributed by atoms with Gasteiger partial charge in [-0.1, -0.05) is 0 Å². The van der Waals surface area contributed by atoms with Crippen molar-refractivity contribution in [3.05, 3.63) is 23.5 Å². The van der Waals surface area contributed by atoms with Crippen molar-refractivity contribution in [3.8, 4) is 0 Å². The molecule has 98 valence electrons. The predicted octanol–water partition coefficient (Wildman–Crippen LogP) is 0.731. The molecule has 0 fully saturated rings. The van der Waals surface area contributed by atoms with Crippen molar-refractivity contribution >= 4 is 26.5 Å². The highest BCUT2D eigenvalue weighted by Gasteiger charge is 2.18. The van der Waals surface area contributed by atoms with Gasteiger partial charge in [0.25, 0.3) is 10.0 Å². The van der Waals surface area contributed by atoms with E-state index in [9.17, 15) is 13.5 Å². The summed E-state index contributed by atoms with van der Waals surface area (Å²) in [5.41, 5.74) is 0.434. The van der Waals surface area contributed by atoms with Crippen molar-refractivity contribution in [1.82, 2.24) is 14.8 Å². The fourth-order valence-corrected chi connectivity index (χ4v) is 3.27. The summed E-state index contributed by atoms with van der Waals surface area (Å²) in [4.78, 5) is 4.05. The Balaban J connectivity index is 2.22. The highest BCUT2D eigenvalue weighted by Crippen LogP contribution is 2.22. The molecule has 1 unspecified atom stereocenters. The van der Waals surface area contributed by atoms with Gasteiger partial charge in [-0.25, -0.2) is 13.4 Å². The fourth-order valence-electron chi connectivity index (χ4n) is 1.24. The summed E-state index contributed by atoms with van der Waals surface area (Å²) in [6.07, 6.45) is 1.93. The lowest BCUT2D eigenvalue weighted by molar-refractivity contribution is 0.195. The summed E-state index contributed by atoms with van der Waals surface area (Å²) in [7, 11) is -2.04. The summed E-state index contributed by atoms with van der Waals surface area (Å²) in [5.74, 6) is 0. The molecule has 2 heterocycles. The number of hydrogen-bond acceptors (Lipinski definition) is 6. The van der Waals surface area contributed by atoms with Gasteiger partial charge >= 0.3 is 0 Å². The molecule has 0 aromatic carbocycles. The molecule has 2 aromatic heterocycles. The SMILES string of the molecule is CC(O)c1csc(NS(=O)(=O)c2cnn(C)c2)n1. The van der Waals surface area contributed by atoms with E-state index < -0.39 is 16.1 Å². The third kappa shape index (κ3) is 2.68. The van der Waals surface area contributed by atoms with Crippen LogP contribution in [0.25, 0.3) is 0 Å². The van der Waals surface area contributed by atoms with Crippen LogP contribution < -0.4 is 4.72 Å². The van der Waals surface area contributed by atoms with E-state index in [4.69, 9.17) is 0 Å². The molecule has 0 radical (unpaired) electrons. The first kappa shape index (κ1) is 13.0. The van der Waals surface area contributed by atoms with Gasteiger partial charge in [0, 0.05) is 18.6 Å². The maximum Gasteiger partial charge on any atom is 0.266 e. The second-order valence-electron chi connectivity index (χ2n) is 3.71. The second kappa shape index (κ2) is 4.67. The lowest BCUT2D eigenvalue weighted by atomic mass is 10.3. The Labute approximate surface area is 108 Å². The Morgan fingerprint density at radius 2 is 2.28 bits per heavy atom. The number of aliphatic hydroxyl groups is 1. The molecule has 18 heavy (non-hydrogen) atoms. The molecule has 9 heteroatoms. The molecule has 1 atom stereocenters. The van der Waals surface area contributed by atoms with Crippen molar-refractivity contribution in [2.75, 3.05) is 4.72 Å². The molecule has 2 aromatic rings. The quantitative estimate of drug-likeness (QED) is 0.864.